The number of morpholine rings is 1. The van der Waals surface area contributed by atoms with E-state index in [0.717, 1.165) is 18.5 Å². The predicted octanol–water partition coefficient (Wildman–Crippen LogP) is 1.43. The maximum absolute atomic E-state index is 12.7. The van der Waals surface area contributed by atoms with Gasteiger partial charge in [-0.3, -0.25) is 4.79 Å². The molecule has 1 aromatic heterocycles. The van der Waals surface area contributed by atoms with Crippen molar-refractivity contribution in [3.8, 4) is 0 Å². The normalized spacial score (nSPS) is 29.5. The van der Waals surface area contributed by atoms with E-state index in [2.05, 4.69) is 0 Å². The van der Waals surface area contributed by atoms with Gasteiger partial charge in [0, 0.05) is 26.4 Å². The number of aromatic nitrogens is 1. The lowest BCUT2D eigenvalue weighted by Gasteiger charge is -2.39. The highest BCUT2D eigenvalue weighted by Crippen LogP contribution is 2.32. The van der Waals surface area contributed by atoms with Gasteiger partial charge in [0.25, 0.3) is 5.91 Å². The molecule has 0 N–H and O–H groups in total. The van der Waals surface area contributed by atoms with Gasteiger partial charge in [-0.25, -0.2) is 0 Å². The number of hydrogen-bond donors (Lipinski definition) is 0. The maximum atomic E-state index is 12.7. The smallest absolute Gasteiger partial charge is 0.270 e. The fourth-order valence-corrected chi connectivity index (χ4v) is 3.39. The molecule has 0 unspecified atom stereocenters. The fraction of sp³-hybridized carbons (Fsp3) is 0.667. The molecular formula is C15H22N2O3. The molecule has 1 saturated heterocycles. The highest BCUT2D eigenvalue weighted by molar-refractivity contribution is 5.93. The second-order valence-electron chi connectivity index (χ2n) is 5.48. The minimum Gasteiger partial charge on any atom is -0.376 e. The largest absolute Gasteiger partial charge is 0.376 e. The molecule has 0 spiro atoms. The number of carbonyl (C=O) groups excluding carboxylic acids is 1. The van der Waals surface area contributed by atoms with Gasteiger partial charge in [0.05, 0.1) is 18.8 Å². The molecule has 1 amide bonds. The molecule has 0 bridgehead atoms. The van der Waals surface area contributed by atoms with Crippen LogP contribution >= 0.6 is 0 Å². The second-order valence-corrected chi connectivity index (χ2v) is 5.48. The van der Waals surface area contributed by atoms with Crippen molar-refractivity contribution >= 4 is 5.91 Å². The molecule has 1 aliphatic carbocycles. The first-order valence-electron chi connectivity index (χ1n) is 7.38. The van der Waals surface area contributed by atoms with E-state index in [1.807, 2.05) is 41.8 Å². The lowest BCUT2D eigenvalue weighted by Crippen LogP contribution is -2.54. The van der Waals surface area contributed by atoms with E-state index in [-0.39, 0.29) is 24.2 Å². The zero-order chi connectivity index (χ0) is 14.1. The number of hydrogen-bond acceptors (Lipinski definition) is 3. The van der Waals surface area contributed by atoms with Crippen LogP contribution in [0.2, 0.25) is 0 Å². The average molecular weight is 278 g/mol. The molecule has 3 rings (SSSR count). The first-order valence-corrected chi connectivity index (χ1v) is 7.38. The summed E-state index contributed by atoms with van der Waals surface area (Å²) >= 11 is 0. The van der Waals surface area contributed by atoms with Gasteiger partial charge >= 0.3 is 0 Å². The average Bonchev–Trinajstić information content (AvgIpc) is 3.05. The lowest BCUT2D eigenvalue weighted by molar-refractivity contribution is -0.102. The van der Waals surface area contributed by atoms with E-state index in [4.69, 9.17) is 9.47 Å². The first-order chi connectivity index (χ1) is 9.72. The summed E-state index contributed by atoms with van der Waals surface area (Å²) in [4.78, 5) is 14.7. The van der Waals surface area contributed by atoms with Gasteiger partial charge < -0.3 is 18.9 Å². The molecule has 2 fully saturated rings. The number of rotatable bonds is 3. The van der Waals surface area contributed by atoms with Crippen LogP contribution in [0.3, 0.4) is 0 Å². The van der Waals surface area contributed by atoms with Gasteiger partial charge in [0.2, 0.25) is 0 Å². The van der Waals surface area contributed by atoms with Crippen molar-refractivity contribution in [1.82, 2.24) is 9.47 Å². The van der Waals surface area contributed by atoms with E-state index in [0.29, 0.717) is 19.8 Å². The van der Waals surface area contributed by atoms with Crippen LogP contribution < -0.4 is 0 Å². The van der Waals surface area contributed by atoms with E-state index in [9.17, 15) is 4.79 Å². The Morgan fingerprint density at radius 2 is 2.35 bits per heavy atom. The Kier molecular flexibility index (Phi) is 3.81. The number of aryl methyl sites for hydroxylation is 1. The van der Waals surface area contributed by atoms with Crippen LogP contribution in [0.15, 0.2) is 18.3 Å². The summed E-state index contributed by atoms with van der Waals surface area (Å²) < 4.78 is 13.5. The third kappa shape index (κ3) is 2.25. The van der Waals surface area contributed by atoms with Crippen molar-refractivity contribution in [2.75, 3.05) is 19.8 Å². The minimum absolute atomic E-state index is 0.0351. The standard InChI is InChI=1S/C15H22N2O3/c1-3-19-13-7-6-11-14(13)20-10-9-17(11)15(18)12-5-4-8-16(12)2/h4-5,8,11,13-14H,3,6-7,9-10H2,1-2H3/t11-,13+,14+/m0/s1. The van der Waals surface area contributed by atoms with Crippen molar-refractivity contribution in [2.45, 2.75) is 38.0 Å². The maximum Gasteiger partial charge on any atom is 0.270 e. The molecule has 0 radical (unpaired) electrons. The third-order valence-electron chi connectivity index (χ3n) is 4.34. The van der Waals surface area contributed by atoms with Gasteiger partial charge in [0.1, 0.15) is 11.8 Å². The van der Waals surface area contributed by atoms with Gasteiger partial charge in [-0.15, -0.1) is 0 Å². The zero-order valence-corrected chi connectivity index (χ0v) is 12.1. The molecule has 5 nitrogen and oxygen atoms in total. The number of carbonyl (C=O) groups is 1. The van der Waals surface area contributed by atoms with Crippen molar-refractivity contribution in [1.29, 1.82) is 0 Å². The van der Waals surface area contributed by atoms with E-state index >= 15 is 0 Å². The minimum atomic E-state index is 0.0351. The van der Waals surface area contributed by atoms with Crippen LogP contribution in [0, 0.1) is 0 Å². The van der Waals surface area contributed by atoms with Crippen molar-refractivity contribution < 1.29 is 14.3 Å². The zero-order valence-electron chi connectivity index (χ0n) is 12.1. The monoisotopic (exact) mass is 278 g/mol. The molecule has 0 aromatic carbocycles. The molecule has 1 saturated carbocycles. The second kappa shape index (κ2) is 5.58. The highest BCUT2D eigenvalue weighted by atomic mass is 16.5. The molecular weight excluding hydrogens is 256 g/mol. The van der Waals surface area contributed by atoms with Crippen molar-refractivity contribution in [2.24, 2.45) is 7.05 Å². The van der Waals surface area contributed by atoms with E-state index in [1.165, 1.54) is 0 Å². The molecule has 5 heteroatoms. The Hall–Kier alpha value is -1.33. The molecule has 3 atom stereocenters. The summed E-state index contributed by atoms with van der Waals surface area (Å²) in [7, 11) is 1.91. The summed E-state index contributed by atoms with van der Waals surface area (Å²) in [5.74, 6) is 0.105. The van der Waals surface area contributed by atoms with Gasteiger partial charge in [-0.1, -0.05) is 0 Å². The Morgan fingerprint density at radius 1 is 1.50 bits per heavy atom. The number of fused-ring (bicyclic) bond motifs is 1. The topological polar surface area (TPSA) is 43.7 Å². The predicted molar refractivity (Wildman–Crippen MR) is 74.6 cm³/mol. The number of amides is 1. The molecule has 20 heavy (non-hydrogen) atoms. The SMILES string of the molecule is CCO[C@@H]1CC[C@H]2[C@H]1OCCN2C(=O)c1cccn1C. The summed E-state index contributed by atoms with van der Waals surface area (Å²) in [6.45, 7) is 3.97. The van der Waals surface area contributed by atoms with E-state index < -0.39 is 0 Å². The Labute approximate surface area is 119 Å². The van der Waals surface area contributed by atoms with Crippen LogP contribution in [0.25, 0.3) is 0 Å². The van der Waals surface area contributed by atoms with Crippen LogP contribution in [-0.2, 0) is 16.5 Å². The molecule has 110 valence electrons. The van der Waals surface area contributed by atoms with Crippen molar-refractivity contribution in [3.63, 3.8) is 0 Å². The first kappa shape index (κ1) is 13.6. The Morgan fingerprint density at radius 3 is 3.05 bits per heavy atom. The Balaban J connectivity index is 1.77. The number of nitrogens with zero attached hydrogens (tertiary/aromatic N) is 2. The molecule has 2 heterocycles. The molecule has 1 aliphatic heterocycles. The van der Waals surface area contributed by atoms with Gasteiger partial charge in [-0.2, -0.15) is 0 Å². The summed E-state index contributed by atoms with van der Waals surface area (Å²) in [5, 5.41) is 0. The fourth-order valence-electron chi connectivity index (χ4n) is 3.39. The highest BCUT2D eigenvalue weighted by Gasteiger charge is 2.45. The van der Waals surface area contributed by atoms with Crippen LogP contribution in [0.5, 0.6) is 0 Å². The summed E-state index contributed by atoms with van der Waals surface area (Å²) in [6, 6.07) is 3.94. The lowest BCUT2D eigenvalue weighted by atomic mass is 10.1. The Bertz CT molecular complexity index is 485. The van der Waals surface area contributed by atoms with Gasteiger partial charge in [0.15, 0.2) is 0 Å². The van der Waals surface area contributed by atoms with Crippen molar-refractivity contribution in [3.05, 3.63) is 24.0 Å². The van der Waals surface area contributed by atoms with Gasteiger partial charge in [-0.05, 0) is 31.9 Å². The van der Waals surface area contributed by atoms with E-state index in [1.54, 1.807) is 0 Å². The van der Waals surface area contributed by atoms with Crippen LogP contribution in [0.4, 0.5) is 0 Å². The third-order valence-corrected chi connectivity index (χ3v) is 4.34. The summed E-state index contributed by atoms with van der Waals surface area (Å²) in [6.07, 6.45) is 4.01. The molecule has 1 aromatic rings. The van der Waals surface area contributed by atoms with Crippen LogP contribution in [-0.4, -0.2) is 53.4 Å². The number of ether oxygens (including phenoxy) is 2. The summed E-state index contributed by atoms with van der Waals surface area (Å²) in [5.41, 5.74) is 0.741. The van der Waals surface area contributed by atoms with Crippen LogP contribution in [0.1, 0.15) is 30.3 Å². The molecule has 2 aliphatic rings. The quantitative estimate of drug-likeness (QED) is 0.840.